The number of carboxylic acid groups (broad SMARTS) is 1. The summed E-state index contributed by atoms with van der Waals surface area (Å²) in [4.78, 5) is 84.3. The van der Waals surface area contributed by atoms with Crippen LogP contribution in [-0.2, 0) is 71.5 Å². The molecule has 0 aromatic rings. The van der Waals surface area contributed by atoms with E-state index in [1.54, 1.807) is 6.92 Å². The highest BCUT2D eigenvalue weighted by Gasteiger charge is 2.14. The fraction of sp³-hybridized carbons (Fsp3) is 0.680. The Kier molecular flexibility index (Phi) is 34.2. The first-order valence-corrected chi connectivity index (χ1v) is 12.8. The molecule has 2 atom stereocenters. The number of ether oxygens (including phenoxy) is 7. The summed E-state index contributed by atoms with van der Waals surface area (Å²) in [6.07, 6.45) is -2.99. The van der Waals surface area contributed by atoms with Crippen LogP contribution >= 0.6 is 15.9 Å². The van der Waals surface area contributed by atoms with E-state index in [1.165, 1.54) is 41.5 Å². The van der Waals surface area contributed by atoms with Gasteiger partial charge in [-0.1, -0.05) is 21.3 Å². The van der Waals surface area contributed by atoms with Crippen LogP contribution in [0.15, 0.2) is 0 Å². The van der Waals surface area contributed by atoms with Gasteiger partial charge in [-0.2, -0.15) is 0 Å². The third-order valence-corrected chi connectivity index (χ3v) is 3.30. The second kappa shape index (κ2) is 31.8. The molecule has 0 heterocycles. The standard InChI is InChI=1S/C11H16O8.C8H12O6.C3H5BrO2.C2H6.CH4/c1-7(12)16-6-17-10(14)4-5-11(15)19-9(3)18-8(2)13;1-5(9)13-6(2)14-8(12)4-3-7(10)11;1-3(5)6-2-4;1-2;/h9H,4-6H2,1-3H3;6H,3-4H2,1-2H3,(H,10,11);2H2,1H3;1-2H3;1H4/i;;;1D;. The van der Waals surface area contributed by atoms with E-state index in [0.717, 1.165) is 0 Å². The summed E-state index contributed by atoms with van der Waals surface area (Å²) < 4.78 is 37.7. The number of carbonyl (C=O) groups is 8. The summed E-state index contributed by atoms with van der Waals surface area (Å²) in [6.45, 7) is 9.44. The SMILES string of the molecule is C.CC(=O)OC(C)OC(=O)CCC(=O)O.CC(=O)OCBr.CC(=O)OCOC(=O)CCC(=O)OC(C)OC(C)=O.[2H]CC. The summed E-state index contributed by atoms with van der Waals surface area (Å²) in [7, 11) is 0. The van der Waals surface area contributed by atoms with Gasteiger partial charge in [-0.25, -0.2) is 0 Å². The van der Waals surface area contributed by atoms with E-state index in [0.29, 0.717) is 12.4 Å². The van der Waals surface area contributed by atoms with Crippen molar-refractivity contribution in [2.24, 2.45) is 0 Å². The lowest BCUT2D eigenvalue weighted by Gasteiger charge is -2.12. The molecule has 17 heteroatoms. The van der Waals surface area contributed by atoms with Gasteiger partial charge < -0.3 is 38.3 Å². The van der Waals surface area contributed by atoms with Crippen LogP contribution in [0.2, 0.25) is 0 Å². The maximum Gasteiger partial charge on any atom is 0.309 e. The molecule has 0 saturated heterocycles. The van der Waals surface area contributed by atoms with Crippen molar-refractivity contribution in [1.29, 1.82) is 0 Å². The molecule has 0 fully saturated rings. The van der Waals surface area contributed by atoms with Gasteiger partial charge in [0.2, 0.25) is 19.4 Å². The van der Waals surface area contributed by atoms with Gasteiger partial charge in [-0.3, -0.25) is 38.4 Å². The minimum absolute atomic E-state index is 0. The molecule has 0 spiro atoms. The van der Waals surface area contributed by atoms with Crippen LogP contribution in [-0.4, -0.2) is 77.8 Å². The van der Waals surface area contributed by atoms with Gasteiger partial charge in [0, 0.05) is 42.9 Å². The van der Waals surface area contributed by atoms with Gasteiger partial charge in [0.05, 0.1) is 25.7 Å². The number of halogens is 1. The Morgan fingerprint density at radius 2 is 1.00 bits per heavy atom. The monoisotopic (exact) mass is 679 g/mol. The molecule has 42 heavy (non-hydrogen) atoms. The molecule has 0 aliphatic rings. The summed E-state index contributed by atoms with van der Waals surface area (Å²) >= 11 is 2.91. The van der Waals surface area contributed by atoms with Gasteiger partial charge in [0.1, 0.15) is 5.52 Å². The van der Waals surface area contributed by atoms with Gasteiger partial charge in [-0.05, 0) is 15.9 Å². The topological polar surface area (TPSA) is 221 Å². The summed E-state index contributed by atoms with van der Waals surface area (Å²) in [5.74, 6) is -5.20. The number of esters is 7. The van der Waals surface area contributed by atoms with Gasteiger partial charge in [0.15, 0.2) is 0 Å². The largest absolute Gasteiger partial charge is 0.481 e. The Morgan fingerprint density at radius 3 is 1.29 bits per heavy atom. The zero-order valence-electron chi connectivity index (χ0n) is 25.1. The van der Waals surface area contributed by atoms with E-state index in [2.05, 4.69) is 49.1 Å². The Labute approximate surface area is 255 Å². The number of carbonyl (C=O) groups excluding carboxylic acids is 7. The number of hydrogen-bond donors (Lipinski definition) is 1. The third-order valence-electron chi connectivity index (χ3n) is 3.07. The molecule has 0 aromatic carbocycles. The van der Waals surface area contributed by atoms with Crippen LogP contribution in [0.4, 0.5) is 0 Å². The summed E-state index contributed by atoms with van der Waals surface area (Å²) in [5, 5.41) is 8.25. The van der Waals surface area contributed by atoms with Gasteiger partial charge in [0.25, 0.3) is 0 Å². The van der Waals surface area contributed by atoms with Crippen molar-refractivity contribution in [3.05, 3.63) is 0 Å². The lowest BCUT2D eigenvalue weighted by molar-refractivity contribution is -0.185. The maximum absolute atomic E-state index is 11.2. The molecule has 0 rings (SSSR count). The molecule has 1 N–H and O–H groups in total. The lowest BCUT2D eigenvalue weighted by atomic mass is 10.3. The number of hydrogen-bond acceptors (Lipinski definition) is 15. The van der Waals surface area contributed by atoms with Crippen molar-refractivity contribution < 1.29 is 78.0 Å². The van der Waals surface area contributed by atoms with Crippen molar-refractivity contribution in [1.82, 2.24) is 0 Å². The van der Waals surface area contributed by atoms with Crippen LogP contribution < -0.4 is 0 Å². The highest BCUT2D eigenvalue weighted by Crippen LogP contribution is 2.02. The summed E-state index contributed by atoms with van der Waals surface area (Å²) in [5.41, 5.74) is 0.294. The zero-order valence-corrected chi connectivity index (χ0v) is 25.6. The van der Waals surface area contributed by atoms with E-state index < -0.39 is 61.2 Å². The predicted octanol–water partition coefficient (Wildman–Crippen LogP) is 3.15. The van der Waals surface area contributed by atoms with E-state index in [4.69, 9.17) is 6.48 Å². The zero-order chi connectivity index (χ0) is 33.7. The van der Waals surface area contributed by atoms with Gasteiger partial charge in [-0.15, -0.1) is 0 Å². The number of aliphatic carboxylic acids is 1. The van der Waals surface area contributed by atoms with Crippen molar-refractivity contribution in [3.63, 3.8) is 0 Å². The van der Waals surface area contributed by atoms with E-state index in [1.807, 2.05) is 0 Å². The Bertz CT molecular complexity index is 849. The molecule has 0 amide bonds. The van der Waals surface area contributed by atoms with E-state index >= 15 is 0 Å². The molecule has 2 unspecified atom stereocenters. The van der Waals surface area contributed by atoms with Gasteiger partial charge >= 0.3 is 47.8 Å². The van der Waals surface area contributed by atoms with Crippen LogP contribution in [0.3, 0.4) is 0 Å². The fourth-order valence-corrected chi connectivity index (χ4v) is 2.07. The number of rotatable bonds is 13. The average molecular weight is 681 g/mol. The molecule has 0 aliphatic carbocycles. The maximum atomic E-state index is 11.2. The van der Waals surface area contributed by atoms with Crippen LogP contribution in [0, 0.1) is 0 Å². The molecular formula is C25H43BrO16. The van der Waals surface area contributed by atoms with Crippen molar-refractivity contribution >= 4 is 63.7 Å². The molecule has 0 bridgehead atoms. The molecule has 16 nitrogen and oxygen atoms in total. The first-order valence-electron chi connectivity index (χ1n) is 12.3. The first-order chi connectivity index (χ1) is 19.4. The molecule has 246 valence electrons. The second-order valence-electron chi connectivity index (χ2n) is 6.74. The van der Waals surface area contributed by atoms with Crippen molar-refractivity contribution in [3.8, 4) is 0 Å². The van der Waals surface area contributed by atoms with Crippen LogP contribution in [0.5, 0.6) is 0 Å². The predicted molar refractivity (Wildman–Crippen MR) is 147 cm³/mol. The fourth-order valence-electron chi connectivity index (χ4n) is 1.74. The molecular weight excluding hydrogens is 636 g/mol. The van der Waals surface area contributed by atoms with E-state index in [-0.39, 0.29) is 39.1 Å². The minimum Gasteiger partial charge on any atom is -0.481 e. The number of alkyl halides is 1. The Balaban J connectivity index is -0.000000175. The molecule has 0 aliphatic heterocycles. The minimum atomic E-state index is -1.08. The van der Waals surface area contributed by atoms with E-state index in [9.17, 15) is 38.4 Å². The second-order valence-corrected chi connectivity index (χ2v) is 7.20. The normalized spacial score (nSPS) is 10.4. The quantitative estimate of drug-likeness (QED) is 0.128. The Hall–Kier alpha value is -3.76. The molecule has 0 saturated carbocycles. The average Bonchev–Trinajstić information content (AvgIpc) is 2.81. The van der Waals surface area contributed by atoms with Crippen LogP contribution in [0.1, 0.15) is 89.8 Å². The molecule has 0 aromatic heterocycles. The third kappa shape index (κ3) is 46.1. The van der Waals surface area contributed by atoms with Crippen molar-refractivity contribution in [2.75, 3.05) is 12.3 Å². The highest BCUT2D eigenvalue weighted by atomic mass is 79.9. The van der Waals surface area contributed by atoms with Crippen molar-refractivity contribution in [2.45, 2.75) is 101 Å². The smallest absolute Gasteiger partial charge is 0.309 e. The Morgan fingerprint density at radius 1 is 0.643 bits per heavy atom. The highest BCUT2D eigenvalue weighted by molar-refractivity contribution is 9.09. The summed E-state index contributed by atoms with van der Waals surface area (Å²) in [6, 6.07) is 0. The number of carboxylic acids is 1. The molecule has 0 radical (unpaired) electrons. The lowest BCUT2D eigenvalue weighted by Crippen LogP contribution is -2.21. The van der Waals surface area contributed by atoms with Crippen LogP contribution in [0.25, 0.3) is 0 Å². The first kappa shape index (κ1) is 45.2.